The predicted molar refractivity (Wildman–Crippen MR) is 48.6 cm³/mol. The van der Waals surface area contributed by atoms with Gasteiger partial charge in [-0.25, -0.2) is 9.97 Å². The lowest BCUT2D eigenvalue weighted by Crippen LogP contribution is -1.87. The van der Waals surface area contributed by atoms with E-state index in [0.717, 1.165) is 17.3 Å². The molecule has 0 amide bonds. The maximum atomic E-state index is 4.20. The molecule has 0 unspecified atom stereocenters. The largest absolute Gasteiger partial charge is 0.244 e. The predicted octanol–water partition coefficient (Wildman–Crippen LogP) is 2.01. The number of fused-ring (bicyclic) bond motifs is 1. The number of rotatable bonds is 1. The molecule has 0 saturated heterocycles. The monoisotopic (exact) mass is 157 g/mol. The molecule has 1 radical (unpaired) electrons. The molecular formula is C10H9N2. The minimum absolute atomic E-state index is 0.772. The lowest BCUT2D eigenvalue weighted by Gasteiger charge is -2.00. The number of benzene rings is 1. The summed E-state index contributed by atoms with van der Waals surface area (Å²) in [5.74, 6) is 0. The van der Waals surface area contributed by atoms with Crippen molar-refractivity contribution >= 4 is 10.9 Å². The van der Waals surface area contributed by atoms with Gasteiger partial charge in [0, 0.05) is 11.6 Å². The average molecular weight is 157 g/mol. The lowest BCUT2D eigenvalue weighted by molar-refractivity contribution is 1.19. The molecule has 0 saturated carbocycles. The van der Waals surface area contributed by atoms with Gasteiger partial charge in [0.15, 0.2) is 0 Å². The van der Waals surface area contributed by atoms with Crippen LogP contribution in [0, 0.1) is 6.92 Å². The molecular weight excluding hydrogens is 148 g/mol. The topological polar surface area (TPSA) is 25.8 Å². The van der Waals surface area contributed by atoms with Crippen LogP contribution in [-0.2, 0) is 6.42 Å². The van der Waals surface area contributed by atoms with Gasteiger partial charge in [-0.2, -0.15) is 0 Å². The van der Waals surface area contributed by atoms with Crippen LogP contribution in [0.1, 0.15) is 5.56 Å². The van der Waals surface area contributed by atoms with Gasteiger partial charge < -0.3 is 0 Å². The van der Waals surface area contributed by atoms with Crippen molar-refractivity contribution in [3.05, 3.63) is 43.2 Å². The molecule has 12 heavy (non-hydrogen) atoms. The Morgan fingerprint density at radius 2 is 2.25 bits per heavy atom. The summed E-state index contributed by atoms with van der Waals surface area (Å²) >= 11 is 0. The first-order valence-electron chi connectivity index (χ1n) is 3.88. The number of aromatic nitrogens is 2. The van der Waals surface area contributed by atoms with Crippen LogP contribution in [0.15, 0.2) is 30.7 Å². The zero-order chi connectivity index (χ0) is 8.39. The molecule has 0 N–H and O–H groups in total. The average Bonchev–Trinajstić information content (AvgIpc) is 2.17. The summed E-state index contributed by atoms with van der Waals surface area (Å²) < 4.78 is 0. The fourth-order valence-electron chi connectivity index (χ4n) is 1.28. The van der Waals surface area contributed by atoms with Crippen molar-refractivity contribution in [3.63, 3.8) is 0 Å². The molecule has 2 rings (SSSR count). The Balaban J connectivity index is 2.79. The molecule has 0 bridgehead atoms. The second kappa shape index (κ2) is 2.89. The van der Waals surface area contributed by atoms with Gasteiger partial charge in [-0.15, -0.1) is 0 Å². The number of nitrogens with zero attached hydrogens (tertiary/aromatic N) is 2. The van der Waals surface area contributed by atoms with Gasteiger partial charge in [0.2, 0.25) is 0 Å². The number of hydrogen-bond acceptors (Lipinski definition) is 2. The summed E-state index contributed by atoms with van der Waals surface area (Å²) in [6.45, 7) is 3.85. The van der Waals surface area contributed by atoms with Crippen LogP contribution >= 0.6 is 0 Å². The van der Waals surface area contributed by atoms with Crippen LogP contribution in [0.25, 0.3) is 10.9 Å². The second-order valence-electron chi connectivity index (χ2n) is 2.63. The zero-order valence-corrected chi connectivity index (χ0v) is 6.70. The van der Waals surface area contributed by atoms with E-state index in [9.17, 15) is 0 Å². The van der Waals surface area contributed by atoms with Gasteiger partial charge in [-0.3, -0.25) is 0 Å². The highest BCUT2D eigenvalue weighted by molar-refractivity contribution is 5.80. The van der Waals surface area contributed by atoms with Crippen molar-refractivity contribution in [2.75, 3.05) is 0 Å². The molecule has 0 spiro atoms. The van der Waals surface area contributed by atoms with Gasteiger partial charge in [0.1, 0.15) is 6.33 Å². The van der Waals surface area contributed by atoms with Crippen LogP contribution in [0.5, 0.6) is 0 Å². The van der Waals surface area contributed by atoms with E-state index in [0.29, 0.717) is 0 Å². The standard InChI is InChI=1S/C10H9N2/c1-2-8-4-3-5-9-6-11-7-12-10(8)9/h3-7H,1-2H2. The summed E-state index contributed by atoms with van der Waals surface area (Å²) in [5, 5.41) is 1.08. The van der Waals surface area contributed by atoms with E-state index in [1.165, 1.54) is 5.56 Å². The third-order valence-electron chi connectivity index (χ3n) is 1.89. The molecule has 1 heterocycles. The summed E-state index contributed by atoms with van der Waals surface area (Å²) in [7, 11) is 0. The molecule has 2 aromatic rings. The molecule has 0 atom stereocenters. The van der Waals surface area contributed by atoms with E-state index in [4.69, 9.17) is 0 Å². The fraction of sp³-hybridized carbons (Fsp3) is 0.100. The molecule has 1 aromatic carbocycles. The van der Waals surface area contributed by atoms with Crippen LogP contribution in [0.3, 0.4) is 0 Å². The molecule has 0 aliphatic rings. The number of para-hydroxylation sites is 1. The Hall–Kier alpha value is -1.44. The highest BCUT2D eigenvalue weighted by Crippen LogP contribution is 2.14. The highest BCUT2D eigenvalue weighted by Gasteiger charge is 1.97. The Labute approximate surface area is 71.3 Å². The van der Waals surface area contributed by atoms with Gasteiger partial charge in [0.25, 0.3) is 0 Å². The smallest absolute Gasteiger partial charge is 0.116 e. The van der Waals surface area contributed by atoms with Crippen molar-refractivity contribution in [2.24, 2.45) is 0 Å². The molecule has 0 aliphatic carbocycles. The first kappa shape index (κ1) is 7.22. The van der Waals surface area contributed by atoms with Gasteiger partial charge in [0.05, 0.1) is 5.52 Å². The molecule has 2 nitrogen and oxygen atoms in total. The van der Waals surface area contributed by atoms with Crippen LogP contribution < -0.4 is 0 Å². The van der Waals surface area contributed by atoms with Gasteiger partial charge in [-0.05, 0) is 18.9 Å². The van der Waals surface area contributed by atoms with Crippen molar-refractivity contribution in [1.82, 2.24) is 9.97 Å². The molecule has 0 fully saturated rings. The van der Waals surface area contributed by atoms with Crippen LogP contribution in [0.4, 0.5) is 0 Å². The molecule has 1 aromatic heterocycles. The first-order chi connectivity index (χ1) is 5.92. The van der Waals surface area contributed by atoms with Crippen LogP contribution in [0.2, 0.25) is 0 Å². The third-order valence-corrected chi connectivity index (χ3v) is 1.89. The van der Waals surface area contributed by atoms with Crippen molar-refractivity contribution in [2.45, 2.75) is 6.42 Å². The molecule has 59 valence electrons. The fourth-order valence-corrected chi connectivity index (χ4v) is 1.28. The van der Waals surface area contributed by atoms with Crippen LogP contribution in [-0.4, -0.2) is 9.97 Å². The van der Waals surface area contributed by atoms with E-state index in [1.807, 2.05) is 24.4 Å². The maximum Gasteiger partial charge on any atom is 0.116 e. The third kappa shape index (κ3) is 1.05. The Morgan fingerprint density at radius 1 is 1.33 bits per heavy atom. The summed E-state index contributed by atoms with van der Waals surface area (Å²) in [5.41, 5.74) is 2.19. The lowest BCUT2D eigenvalue weighted by atomic mass is 10.1. The van der Waals surface area contributed by atoms with E-state index in [1.54, 1.807) is 6.33 Å². The summed E-state index contributed by atoms with van der Waals surface area (Å²) in [4.78, 5) is 8.16. The summed E-state index contributed by atoms with van der Waals surface area (Å²) in [6, 6.07) is 6.06. The Morgan fingerprint density at radius 3 is 3.08 bits per heavy atom. The highest BCUT2D eigenvalue weighted by atomic mass is 14.8. The summed E-state index contributed by atoms with van der Waals surface area (Å²) in [6.07, 6.45) is 4.16. The first-order valence-corrected chi connectivity index (χ1v) is 3.88. The minimum Gasteiger partial charge on any atom is -0.244 e. The zero-order valence-electron chi connectivity index (χ0n) is 6.70. The van der Waals surface area contributed by atoms with Gasteiger partial charge in [-0.1, -0.05) is 18.2 Å². The second-order valence-corrected chi connectivity index (χ2v) is 2.63. The molecule has 0 aliphatic heterocycles. The Bertz CT molecular complexity index is 390. The van der Waals surface area contributed by atoms with Crippen molar-refractivity contribution in [3.8, 4) is 0 Å². The quantitative estimate of drug-likeness (QED) is 0.632. The Kier molecular flexibility index (Phi) is 1.74. The molecule has 2 heteroatoms. The SMILES string of the molecule is [CH2]Cc1cccc2cncnc12. The van der Waals surface area contributed by atoms with Gasteiger partial charge >= 0.3 is 0 Å². The van der Waals surface area contributed by atoms with E-state index in [2.05, 4.69) is 16.9 Å². The maximum absolute atomic E-state index is 4.20. The van der Waals surface area contributed by atoms with E-state index in [-0.39, 0.29) is 0 Å². The van der Waals surface area contributed by atoms with Crippen molar-refractivity contribution < 1.29 is 0 Å². The normalized spacial score (nSPS) is 10.4. The van der Waals surface area contributed by atoms with E-state index >= 15 is 0 Å². The van der Waals surface area contributed by atoms with E-state index < -0.39 is 0 Å². The minimum atomic E-state index is 0.772. The van der Waals surface area contributed by atoms with Crippen molar-refractivity contribution in [1.29, 1.82) is 0 Å². The number of hydrogen-bond donors (Lipinski definition) is 0.